The number of likely N-dealkylation sites (tertiary alicyclic amines) is 1. The van der Waals surface area contributed by atoms with Crippen LogP contribution in [0.15, 0.2) is 0 Å². The van der Waals surface area contributed by atoms with Crippen LogP contribution in [-0.2, 0) is 9.59 Å². The molecule has 5 heteroatoms. The molecule has 2 fully saturated rings. The molecule has 2 saturated heterocycles. The summed E-state index contributed by atoms with van der Waals surface area (Å²) in [6.07, 6.45) is 3.65. The minimum atomic E-state index is 0.133. The van der Waals surface area contributed by atoms with Crippen molar-refractivity contribution in [2.75, 3.05) is 32.7 Å². The molecule has 2 rings (SSSR count). The summed E-state index contributed by atoms with van der Waals surface area (Å²) in [7, 11) is 0. The van der Waals surface area contributed by atoms with Gasteiger partial charge in [-0.15, -0.1) is 0 Å². The van der Waals surface area contributed by atoms with Crippen LogP contribution in [0.25, 0.3) is 0 Å². The molecule has 0 aliphatic carbocycles. The maximum atomic E-state index is 12.2. The number of nitrogens with one attached hydrogen (secondary N) is 2. The summed E-state index contributed by atoms with van der Waals surface area (Å²) >= 11 is 0. The highest BCUT2D eigenvalue weighted by atomic mass is 16.2. The number of rotatable bonds is 5. The predicted molar refractivity (Wildman–Crippen MR) is 73.6 cm³/mol. The topological polar surface area (TPSA) is 61.4 Å². The minimum absolute atomic E-state index is 0.133. The Morgan fingerprint density at radius 2 is 2.16 bits per heavy atom. The van der Waals surface area contributed by atoms with Crippen LogP contribution in [0.4, 0.5) is 0 Å². The molecule has 108 valence electrons. The molecule has 0 radical (unpaired) electrons. The fraction of sp³-hybridized carbons (Fsp3) is 0.857. The number of piperidine rings is 1. The molecule has 19 heavy (non-hydrogen) atoms. The maximum absolute atomic E-state index is 12.2. The number of hydrogen-bond donors (Lipinski definition) is 2. The van der Waals surface area contributed by atoms with E-state index in [1.54, 1.807) is 0 Å². The monoisotopic (exact) mass is 267 g/mol. The molecule has 5 nitrogen and oxygen atoms in total. The van der Waals surface area contributed by atoms with Gasteiger partial charge >= 0.3 is 0 Å². The van der Waals surface area contributed by atoms with Gasteiger partial charge in [0.2, 0.25) is 11.8 Å². The van der Waals surface area contributed by atoms with Gasteiger partial charge in [0.05, 0.1) is 5.92 Å². The Bertz CT molecular complexity index is 329. The fourth-order valence-electron chi connectivity index (χ4n) is 2.73. The lowest BCUT2D eigenvalue weighted by molar-refractivity contribution is -0.138. The van der Waals surface area contributed by atoms with E-state index in [4.69, 9.17) is 0 Å². The molecule has 0 aromatic rings. The lowest BCUT2D eigenvalue weighted by Gasteiger charge is -2.37. The minimum Gasteiger partial charge on any atom is -0.356 e. The summed E-state index contributed by atoms with van der Waals surface area (Å²) in [5.74, 6) is 1.04. The molecule has 0 bridgehead atoms. The Labute approximate surface area is 115 Å². The van der Waals surface area contributed by atoms with Crippen LogP contribution in [0.1, 0.15) is 32.6 Å². The molecule has 0 aromatic heterocycles. The van der Waals surface area contributed by atoms with Crippen molar-refractivity contribution in [1.29, 1.82) is 0 Å². The second-order valence-electron chi connectivity index (χ2n) is 5.70. The van der Waals surface area contributed by atoms with Crippen LogP contribution in [-0.4, -0.2) is 49.4 Å². The second-order valence-corrected chi connectivity index (χ2v) is 5.70. The zero-order chi connectivity index (χ0) is 13.7. The SMILES string of the molecule is CCCC(=O)NCC1CCCN(C(=O)C2CNC2)C1. The van der Waals surface area contributed by atoms with Gasteiger partial charge in [-0.1, -0.05) is 6.92 Å². The van der Waals surface area contributed by atoms with Gasteiger partial charge in [0.15, 0.2) is 0 Å². The quantitative estimate of drug-likeness (QED) is 0.756. The molecule has 2 N–H and O–H groups in total. The van der Waals surface area contributed by atoms with E-state index in [2.05, 4.69) is 10.6 Å². The Morgan fingerprint density at radius 3 is 2.79 bits per heavy atom. The number of nitrogens with zero attached hydrogens (tertiary/aromatic N) is 1. The molecule has 0 aromatic carbocycles. The van der Waals surface area contributed by atoms with E-state index < -0.39 is 0 Å². The van der Waals surface area contributed by atoms with E-state index in [-0.39, 0.29) is 11.8 Å². The van der Waals surface area contributed by atoms with Crippen molar-refractivity contribution in [2.45, 2.75) is 32.6 Å². The van der Waals surface area contributed by atoms with E-state index in [0.717, 1.165) is 45.4 Å². The predicted octanol–water partition coefficient (Wildman–Crippen LogP) is 0.361. The molecule has 2 aliphatic heterocycles. The van der Waals surface area contributed by atoms with Crippen LogP contribution in [0.5, 0.6) is 0 Å². The maximum Gasteiger partial charge on any atom is 0.228 e. The summed E-state index contributed by atoms with van der Waals surface area (Å²) < 4.78 is 0. The summed E-state index contributed by atoms with van der Waals surface area (Å²) in [6, 6.07) is 0. The van der Waals surface area contributed by atoms with Crippen molar-refractivity contribution in [3.8, 4) is 0 Å². The van der Waals surface area contributed by atoms with Crippen LogP contribution in [0, 0.1) is 11.8 Å². The zero-order valence-electron chi connectivity index (χ0n) is 11.8. The average molecular weight is 267 g/mol. The first-order chi connectivity index (χ1) is 9.20. The van der Waals surface area contributed by atoms with E-state index in [1.807, 2.05) is 11.8 Å². The highest BCUT2D eigenvalue weighted by Crippen LogP contribution is 2.19. The van der Waals surface area contributed by atoms with Crippen LogP contribution >= 0.6 is 0 Å². The third kappa shape index (κ3) is 3.93. The summed E-state index contributed by atoms with van der Waals surface area (Å²) in [4.78, 5) is 25.6. The lowest BCUT2D eigenvalue weighted by atomic mass is 9.95. The van der Waals surface area contributed by atoms with Gasteiger partial charge in [0.1, 0.15) is 0 Å². The first-order valence-electron chi connectivity index (χ1n) is 7.47. The van der Waals surface area contributed by atoms with Crippen molar-refractivity contribution in [3.63, 3.8) is 0 Å². The fourth-order valence-corrected chi connectivity index (χ4v) is 2.73. The standard InChI is InChI=1S/C14H25N3O2/c1-2-4-13(18)16-7-11-5-3-6-17(10-11)14(19)12-8-15-9-12/h11-12,15H,2-10H2,1H3,(H,16,18). The van der Waals surface area contributed by atoms with Crippen LogP contribution in [0.2, 0.25) is 0 Å². The summed E-state index contributed by atoms with van der Waals surface area (Å²) in [5.41, 5.74) is 0. The smallest absolute Gasteiger partial charge is 0.228 e. The molecular weight excluding hydrogens is 242 g/mol. The Kier molecular flexibility index (Phi) is 5.19. The van der Waals surface area contributed by atoms with Crippen molar-refractivity contribution < 1.29 is 9.59 Å². The molecule has 1 atom stereocenters. The van der Waals surface area contributed by atoms with Gasteiger partial charge < -0.3 is 15.5 Å². The number of amides is 2. The van der Waals surface area contributed by atoms with E-state index >= 15 is 0 Å². The molecule has 2 aliphatic rings. The Balaban J connectivity index is 1.73. The van der Waals surface area contributed by atoms with Crippen molar-refractivity contribution in [2.24, 2.45) is 11.8 Å². The van der Waals surface area contributed by atoms with Crippen molar-refractivity contribution >= 4 is 11.8 Å². The second kappa shape index (κ2) is 6.89. The molecule has 0 saturated carbocycles. The molecular formula is C14H25N3O2. The zero-order valence-corrected chi connectivity index (χ0v) is 11.8. The lowest BCUT2D eigenvalue weighted by Crippen LogP contribution is -2.54. The highest BCUT2D eigenvalue weighted by molar-refractivity contribution is 5.80. The van der Waals surface area contributed by atoms with Gasteiger partial charge in [-0.3, -0.25) is 9.59 Å². The Hall–Kier alpha value is -1.10. The van der Waals surface area contributed by atoms with Gasteiger partial charge in [0.25, 0.3) is 0 Å². The summed E-state index contributed by atoms with van der Waals surface area (Å²) in [5, 5.41) is 6.12. The normalized spacial score (nSPS) is 23.8. The highest BCUT2D eigenvalue weighted by Gasteiger charge is 2.32. The van der Waals surface area contributed by atoms with Crippen molar-refractivity contribution in [3.05, 3.63) is 0 Å². The number of hydrogen-bond acceptors (Lipinski definition) is 3. The third-order valence-electron chi connectivity index (χ3n) is 4.03. The van der Waals surface area contributed by atoms with E-state index in [0.29, 0.717) is 24.8 Å². The Morgan fingerprint density at radius 1 is 1.37 bits per heavy atom. The molecule has 0 spiro atoms. The molecule has 2 amide bonds. The number of carbonyl (C=O) groups excluding carboxylic acids is 2. The number of carbonyl (C=O) groups is 2. The van der Waals surface area contributed by atoms with Gasteiger partial charge in [0, 0.05) is 39.1 Å². The largest absolute Gasteiger partial charge is 0.356 e. The van der Waals surface area contributed by atoms with Crippen LogP contribution < -0.4 is 10.6 Å². The first-order valence-corrected chi connectivity index (χ1v) is 7.47. The van der Waals surface area contributed by atoms with Crippen molar-refractivity contribution in [1.82, 2.24) is 15.5 Å². The molecule has 1 unspecified atom stereocenters. The van der Waals surface area contributed by atoms with Crippen LogP contribution in [0.3, 0.4) is 0 Å². The van der Waals surface area contributed by atoms with Gasteiger partial charge in [-0.2, -0.15) is 0 Å². The third-order valence-corrected chi connectivity index (χ3v) is 4.03. The van der Waals surface area contributed by atoms with Gasteiger partial charge in [-0.05, 0) is 25.2 Å². The average Bonchev–Trinajstić information content (AvgIpc) is 2.35. The first kappa shape index (κ1) is 14.3. The van der Waals surface area contributed by atoms with E-state index in [9.17, 15) is 9.59 Å². The van der Waals surface area contributed by atoms with E-state index in [1.165, 1.54) is 0 Å². The molecule has 2 heterocycles. The summed E-state index contributed by atoms with van der Waals surface area (Å²) in [6.45, 7) is 6.07. The van der Waals surface area contributed by atoms with Gasteiger partial charge in [-0.25, -0.2) is 0 Å².